The van der Waals surface area contributed by atoms with Crippen LogP contribution in [-0.4, -0.2) is 97.2 Å². The van der Waals surface area contributed by atoms with Crippen LogP contribution in [0.25, 0.3) is 5.70 Å². The quantitative estimate of drug-likeness (QED) is 0.227. The van der Waals surface area contributed by atoms with E-state index in [4.69, 9.17) is 4.74 Å². The van der Waals surface area contributed by atoms with Gasteiger partial charge < -0.3 is 30.1 Å². The molecule has 0 saturated carbocycles. The summed E-state index contributed by atoms with van der Waals surface area (Å²) >= 11 is 0. The number of anilines is 2. The molecule has 3 fully saturated rings. The van der Waals surface area contributed by atoms with Gasteiger partial charge in [0.1, 0.15) is 0 Å². The first kappa shape index (κ1) is 37.4. The number of benzene rings is 3. The maximum Gasteiger partial charge on any atom is 0.319 e. The maximum atomic E-state index is 12.9. The molecular formula is C43H58N6O3. The third-order valence-electron chi connectivity index (χ3n) is 11.5. The van der Waals surface area contributed by atoms with Gasteiger partial charge in [0.05, 0.1) is 19.6 Å². The van der Waals surface area contributed by atoms with E-state index in [1.165, 1.54) is 16.8 Å². The van der Waals surface area contributed by atoms with Crippen LogP contribution in [0.4, 0.5) is 16.2 Å². The third-order valence-corrected chi connectivity index (χ3v) is 11.5. The highest BCUT2D eigenvalue weighted by molar-refractivity contribution is 5.90. The topological polar surface area (TPSA) is 80.4 Å². The van der Waals surface area contributed by atoms with Gasteiger partial charge >= 0.3 is 6.03 Å². The van der Waals surface area contributed by atoms with Gasteiger partial charge in [-0.25, -0.2) is 4.79 Å². The van der Waals surface area contributed by atoms with Crippen molar-refractivity contribution in [1.29, 1.82) is 0 Å². The zero-order valence-corrected chi connectivity index (χ0v) is 31.8. The van der Waals surface area contributed by atoms with E-state index in [2.05, 4.69) is 107 Å². The number of likely N-dealkylation sites (tertiary alicyclic amines) is 2. The average molecular weight is 707 g/mol. The Balaban J connectivity index is 1.06. The number of hydrogen-bond acceptors (Lipinski definition) is 6. The van der Waals surface area contributed by atoms with E-state index in [-0.39, 0.29) is 17.5 Å². The highest BCUT2D eigenvalue weighted by atomic mass is 16.5. The Hall–Kier alpha value is -4.34. The molecule has 0 radical (unpaired) electrons. The van der Waals surface area contributed by atoms with Crippen LogP contribution in [0.3, 0.4) is 0 Å². The number of hydrogen-bond donors (Lipinski definition) is 2. The summed E-state index contributed by atoms with van der Waals surface area (Å²) in [5.74, 6) is 0.180. The second kappa shape index (κ2) is 17.0. The van der Waals surface area contributed by atoms with Crippen molar-refractivity contribution < 1.29 is 14.3 Å². The van der Waals surface area contributed by atoms with Crippen LogP contribution in [0, 0.1) is 13.8 Å². The normalized spacial score (nSPS) is 18.2. The highest BCUT2D eigenvalue weighted by Crippen LogP contribution is 2.37. The van der Waals surface area contributed by atoms with Crippen molar-refractivity contribution >= 4 is 29.0 Å². The molecule has 3 aliphatic rings. The van der Waals surface area contributed by atoms with E-state index in [0.29, 0.717) is 45.3 Å². The molecule has 0 aromatic heterocycles. The van der Waals surface area contributed by atoms with Gasteiger partial charge in [0.2, 0.25) is 5.91 Å². The SMILES string of the molecule is C=C(c1c(C)cc(NC(=O)NCC)cc1C)N1CCC(C)(N2CCC(N(Cc3ccccc3)c3ccc(CC(=O)N4CCOCC4)cc3)CC2)CC1. The molecule has 3 aliphatic heterocycles. The lowest BCUT2D eigenvalue weighted by Crippen LogP contribution is -2.57. The number of nitrogens with one attached hydrogen (secondary N) is 2. The summed E-state index contributed by atoms with van der Waals surface area (Å²) < 4.78 is 5.43. The van der Waals surface area contributed by atoms with Gasteiger partial charge in [0, 0.05) is 86.6 Å². The standard InChI is InChI=1S/C43H58N6O3/c1-6-44-42(51)45-37-28-32(2)41(33(3)29-37)34(4)46-22-18-43(5,19-23-46)48-20-16-39(17-21-48)49(31-36-10-8-7-9-11-36)38-14-12-35(13-15-38)30-40(50)47-24-26-52-27-25-47/h7-15,28-29,39H,4,6,16-27,30-31H2,1-3,5H3,(H2,44,45,51). The minimum atomic E-state index is -0.181. The van der Waals surface area contributed by atoms with Gasteiger partial charge in [0.15, 0.2) is 0 Å². The maximum absolute atomic E-state index is 12.9. The summed E-state index contributed by atoms with van der Waals surface area (Å²) in [6, 6.07) is 23.9. The number of carbonyl (C=O) groups is 2. The molecule has 3 aromatic rings. The summed E-state index contributed by atoms with van der Waals surface area (Å²) in [7, 11) is 0. The fourth-order valence-electron chi connectivity index (χ4n) is 8.39. The van der Waals surface area contributed by atoms with Gasteiger partial charge in [0.25, 0.3) is 0 Å². The molecule has 6 rings (SSSR count). The summed E-state index contributed by atoms with van der Waals surface area (Å²) in [5, 5.41) is 5.75. The summed E-state index contributed by atoms with van der Waals surface area (Å²) in [4.78, 5) is 34.7. The first-order valence-electron chi connectivity index (χ1n) is 19.2. The highest BCUT2D eigenvalue weighted by Gasteiger charge is 2.39. The average Bonchev–Trinajstić information content (AvgIpc) is 3.15. The Bertz CT molecular complexity index is 1650. The minimum Gasteiger partial charge on any atom is -0.378 e. The number of nitrogens with zero attached hydrogens (tertiary/aromatic N) is 4. The predicted molar refractivity (Wildman–Crippen MR) is 212 cm³/mol. The molecule has 0 bridgehead atoms. The lowest BCUT2D eigenvalue weighted by atomic mass is 9.84. The first-order valence-corrected chi connectivity index (χ1v) is 19.2. The van der Waals surface area contributed by atoms with Crippen LogP contribution in [0.15, 0.2) is 73.3 Å². The van der Waals surface area contributed by atoms with Crippen molar-refractivity contribution in [2.24, 2.45) is 0 Å². The number of aryl methyl sites for hydroxylation is 2. The largest absolute Gasteiger partial charge is 0.378 e. The molecule has 9 nitrogen and oxygen atoms in total. The Morgan fingerprint density at radius 1 is 0.865 bits per heavy atom. The van der Waals surface area contributed by atoms with E-state index in [9.17, 15) is 9.59 Å². The Kier molecular flexibility index (Phi) is 12.2. The fraction of sp³-hybridized carbons (Fsp3) is 0.488. The lowest BCUT2D eigenvalue weighted by Gasteiger charge is -2.51. The molecule has 3 saturated heterocycles. The number of carbonyl (C=O) groups excluding carboxylic acids is 2. The number of urea groups is 1. The van der Waals surface area contributed by atoms with Gasteiger partial charge in [-0.05, 0) is 99.9 Å². The molecule has 3 amide bonds. The molecule has 2 N–H and O–H groups in total. The lowest BCUT2D eigenvalue weighted by molar-refractivity contribution is -0.134. The van der Waals surface area contributed by atoms with Crippen molar-refractivity contribution in [3.8, 4) is 0 Å². The Morgan fingerprint density at radius 3 is 2.12 bits per heavy atom. The van der Waals surface area contributed by atoms with Gasteiger partial charge in [-0.15, -0.1) is 0 Å². The number of ether oxygens (including phenoxy) is 1. The fourth-order valence-corrected chi connectivity index (χ4v) is 8.39. The zero-order valence-electron chi connectivity index (χ0n) is 31.8. The third kappa shape index (κ3) is 8.99. The van der Waals surface area contributed by atoms with E-state index in [1.54, 1.807) is 0 Å². The van der Waals surface area contributed by atoms with Crippen LogP contribution < -0.4 is 15.5 Å². The predicted octanol–water partition coefficient (Wildman–Crippen LogP) is 6.84. The van der Waals surface area contributed by atoms with Gasteiger partial charge in [-0.1, -0.05) is 49.0 Å². The van der Waals surface area contributed by atoms with E-state index < -0.39 is 0 Å². The zero-order chi connectivity index (χ0) is 36.7. The van der Waals surface area contributed by atoms with Gasteiger partial charge in [-0.2, -0.15) is 0 Å². The number of piperidine rings is 2. The Morgan fingerprint density at radius 2 is 1.50 bits per heavy atom. The van der Waals surface area contributed by atoms with Crippen LogP contribution in [0.5, 0.6) is 0 Å². The van der Waals surface area contributed by atoms with Crippen molar-refractivity contribution in [2.45, 2.75) is 77.9 Å². The van der Waals surface area contributed by atoms with Crippen molar-refractivity contribution in [3.63, 3.8) is 0 Å². The van der Waals surface area contributed by atoms with Crippen molar-refractivity contribution in [3.05, 3.63) is 101 Å². The summed E-state index contributed by atoms with van der Waals surface area (Å²) in [6.07, 6.45) is 4.87. The van der Waals surface area contributed by atoms with Crippen LogP contribution in [-0.2, 0) is 22.5 Å². The molecule has 0 unspecified atom stereocenters. The second-order valence-corrected chi connectivity index (χ2v) is 15.1. The summed E-state index contributed by atoms with van der Waals surface area (Å²) in [6.45, 7) is 21.4. The summed E-state index contributed by atoms with van der Waals surface area (Å²) in [5.41, 5.74) is 9.08. The van der Waals surface area contributed by atoms with Crippen molar-refractivity contribution in [1.82, 2.24) is 20.0 Å². The van der Waals surface area contributed by atoms with E-state index in [0.717, 1.165) is 86.5 Å². The number of morpholine rings is 1. The van der Waals surface area contributed by atoms with Crippen LogP contribution in [0.2, 0.25) is 0 Å². The minimum absolute atomic E-state index is 0.158. The molecule has 3 aromatic carbocycles. The Labute approximate surface area is 311 Å². The van der Waals surface area contributed by atoms with E-state index in [1.807, 2.05) is 24.0 Å². The van der Waals surface area contributed by atoms with Gasteiger partial charge in [-0.3, -0.25) is 9.69 Å². The van der Waals surface area contributed by atoms with Crippen LogP contribution >= 0.6 is 0 Å². The second-order valence-electron chi connectivity index (χ2n) is 15.1. The first-order chi connectivity index (χ1) is 25.1. The number of amides is 3. The molecule has 9 heteroatoms. The molecule has 52 heavy (non-hydrogen) atoms. The van der Waals surface area contributed by atoms with Crippen LogP contribution in [0.1, 0.15) is 67.3 Å². The molecular weight excluding hydrogens is 649 g/mol. The molecule has 0 spiro atoms. The molecule has 0 atom stereocenters. The number of rotatable bonds is 11. The molecule has 0 aliphatic carbocycles. The molecule has 3 heterocycles. The smallest absolute Gasteiger partial charge is 0.319 e. The van der Waals surface area contributed by atoms with Crippen molar-refractivity contribution in [2.75, 3.05) is 69.2 Å². The molecule has 278 valence electrons. The van der Waals surface area contributed by atoms with E-state index >= 15 is 0 Å². The monoisotopic (exact) mass is 706 g/mol.